The Morgan fingerprint density at radius 2 is 2.12 bits per heavy atom. The van der Waals surface area contributed by atoms with Crippen LogP contribution in [0.5, 0.6) is 0 Å². The normalized spacial score (nSPS) is 16.5. The summed E-state index contributed by atoms with van der Waals surface area (Å²) in [6, 6.07) is 5.55. The van der Waals surface area contributed by atoms with E-state index in [4.69, 9.17) is 10.6 Å². The van der Waals surface area contributed by atoms with Crippen molar-refractivity contribution in [1.29, 1.82) is 0 Å². The largest absolute Gasteiger partial charge is 0.480 e. The Bertz CT molecular complexity index is 750. The summed E-state index contributed by atoms with van der Waals surface area (Å²) in [7, 11) is 2.01. The topological polar surface area (TPSA) is 92.8 Å². The van der Waals surface area contributed by atoms with Crippen molar-refractivity contribution in [3.63, 3.8) is 0 Å². The summed E-state index contributed by atoms with van der Waals surface area (Å²) in [5.41, 5.74) is 6.74. The van der Waals surface area contributed by atoms with Crippen LogP contribution in [0.1, 0.15) is 11.3 Å². The monoisotopic (exact) mass is 332 g/mol. The number of nitrogens with zero attached hydrogens (tertiary/aromatic N) is 2. The highest BCUT2D eigenvalue weighted by molar-refractivity contribution is 5.89. The van der Waals surface area contributed by atoms with Crippen LogP contribution in [-0.2, 0) is 23.0 Å². The molecule has 1 aromatic carbocycles. The average Bonchev–Trinajstić information content (AvgIpc) is 2.84. The molecule has 24 heavy (non-hydrogen) atoms. The first-order valence-corrected chi connectivity index (χ1v) is 8.12. The van der Waals surface area contributed by atoms with Crippen LogP contribution < -0.4 is 16.2 Å². The maximum Gasteiger partial charge on any atom is 0.322 e. The van der Waals surface area contributed by atoms with E-state index in [1.54, 1.807) is 0 Å². The molecule has 1 unspecified atom stereocenters. The number of benzene rings is 1. The zero-order chi connectivity index (χ0) is 17.3. The predicted molar refractivity (Wildman–Crippen MR) is 93.1 cm³/mol. The Kier molecular flexibility index (Phi) is 4.75. The fraction of sp³-hybridized carbons (Fsp3) is 0.471. The molecule has 1 atom stereocenters. The number of hydrogen-bond acceptors (Lipinski definition) is 5. The van der Waals surface area contributed by atoms with Gasteiger partial charge in [-0.1, -0.05) is 6.07 Å². The molecule has 0 amide bonds. The molecule has 1 fully saturated rings. The van der Waals surface area contributed by atoms with Gasteiger partial charge in [0.15, 0.2) is 0 Å². The molecule has 0 bridgehead atoms. The zero-order valence-electron chi connectivity index (χ0n) is 14.1. The number of ether oxygens (including phenoxy) is 1. The first-order valence-electron chi connectivity index (χ1n) is 8.12. The Morgan fingerprint density at radius 1 is 1.42 bits per heavy atom. The molecule has 7 heteroatoms. The number of nitrogens with one attached hydrogen (secondary N) is 1. The molecule has 1 saturated heterocycles. The van der Waals surface area contributed by atoms with E-state index >= 15 is 0 Å². The minimum Gasteiger partial charge on any atom is -0.480 e. The van der Waals surface area contributed by atoms with E-state index in [1.165, 1.54) is 5.69 Å². The first kappa shape index (κ1) is 16.8. The highest BCUT2D eigenvalue weighted by atomic mass is 16.5. The van der Waals surface area contributed by atoms with Gasteiger partial charge in [-0.3, -0.25) is 10.6 Å². The molecule has 0 radical (unpaired) electrons. The lowest BCUT2D eigenvalue weighted by molar-refractivity contribution is -0.139. The number of nitrogens with two attached hydrogens (primary N) is 1. The predicted octanol–water partition coefficient (Wildman–Crippen LogP) is 0.782. The lowest BCUT2D eigenvalue weighted by Gasteiger charge is -2.29. The smallest absolute Gasteiger partial charge is 0.322 e. The molecule has 1 aromatic heterocycles. The van der Waals surface area contributed by atoms with E-state index < -0.39 is 12.0 Å². The SMILES string of the molecule is Cc1c(CC(NN)C(=O)O)c2ccc(N3CCOCC3)cc2n1C. The van der Waals surface area contributed by atoms with Crippen molar-refractivity contribution in [2.75, 3.05) is 31.2 Å². The fourth-order valence-corrected chi connectivity index (χ4v) is 3.33. The number of anilines is 1. The number of carbonyl (C=O) groups is 1. The first-order chi connectivity index (χ1) is 11.5. The van der Waals surface area contributed by atoms with Gasteiger partial charge in [-0.15, -0.1) is 0 Å². The van der Waals surface area contributed by atoms with E-state index in [9.17, 15) is 9.90 Å². The van der Waals surface area contributed by atoms with Crippen LogP contribution in [-0.4, -0.2) is 48.0 Å². The van der Waals surface area contributed by atoms with Crippen molar-refractivity contribution < 1.29 is 14.6 Å². The standard InChI is InChI=1S/C17H24N4O3/c1-11-14(10-15(19-18)17(22)23)13-4-3-12(9-16(13)20(11)2)21-5-7-24-8-6-21/h3-4,9,15,19H,5-8,10,18H2,1-2H3,(H,22,23). The Morgan fingerprint density at radius 3 is 2.75 bits per heavy atom. The van der Waals surface area contributed by atoms with Gasteiger partial charge in [0.2, 0.25) is 0 Å². The zero-order valence-corrected chi connectivity index (χ0v) is 14.1. The Balaban J connectivity index is 1.99. The fourth-order valence-electron chi connectivity index (χ4n) is 3.33. The van der Waals surface area contributed by atoms with Crippen LogP contribution in [0.3, 0.4) is 0 Å². The highest BCUT2D eigenvalue weighted by Crippen LogP contribution is 2.30. The Labute approximate surface area is 140 Å². The van der Waals surface area contributed by atoms with Gasteiger partial charge in [0, 0.05) is 43.3 Å². The molecule has 2 heterocycles. The molecular formula is C17H24N4O3. The van der Waals surface area contributed by atoms with E-state index in [0.717, 1.165) is 48.5 Å². The second-order valence-electron chi connectivity index (χ2n) is 6.19. The molecule has 0 saturated carbocycles. The number of aryl methyl sites for hydroxylation is 1. The molecule has 130 valence electrons. The van der Waals surface area contributed by atoms with Crippen molar-refractivity contribution >= 4 is 22.6 Å². The van der Waals surface area contributed by atoms with Gasteiger partial charge in [0.1, 0.15) is 6.04 Å². The molecule has 0 spiro atoms. The van der Waals surface area contributed by atoms with Crippen LogP contribution in [0.15, 0.2) is 18.2 Å². The van der Waals surface area contributed by atoms with Crippen LogP contribution in [0.25, 0.3) is 10.9 Å². The summed E-state index contributed by atoms with van der Waals surface area (Å²) < 4.78 is 7.53. The minimum absolute atomic E-state index is 0.353. The number of hydrogen-bond donors (Lipinski definition) is 3. The second-order valence-corrected chi connectivity index (χ2v) is 6.19. The van der Waals surface area contributed by atoms with E-state index in [1.807, 2.05) is 14.0 Å². The molecular weight excluding hydrogens is 308 g/mol. The van der Waals surface area contributed by atoms with Gasteiger partial charge in [-0.25, -0.2) is 5.43 Å². The number of rotatable bonds is 5. The minimum atomic E-state index is -0.946. The number of aromatic nitrogens is 1. The number of fused-ring (bicyclic) bond motifs is 1. The average molecular weight is 332 g/mol. The van der Waals surface area contributed by atoms with Crippen LogP contribution in [0.2, 0.25) is 0 Å². The number of carboxylic acids is 1. The number of aliphatic carboxylic acids is 1. The molecule has 4 N–H and O–H groups in total. The van der Waals surface area contributed by atoms with Crippen molar-refractivity contribution in [1.82, 2.24) is 9.99 Å². The lowest BCUT2D eigenvalue weighted by atomic mass is 10.0. The third-order valence-electron chi connectivity index (χ3n) is 4.89. The molecule has 1 aliphatic rings. The van der Waals surface area contributed by atoms with Crippen molar-refractivity contribution in [3.8, 4) is 0 Å². The van der Waals surface area contributed by atoms with Gasteiger partial charge >= 0.3 is 5.97 Å². The lowest BCUT2D eigenvalue weighted by Crippen LogP contribution is -2.42. The van der Waals surface area contributed by atoms with Crippen molar-refractivity contribution in [2.24, 2.45) is 12.9 Å². The second kappa shape index (κ2) is 6.80. The molecule has 3 rings (SSSR count). The summed E-state index contributed by atoms with van der Waals surface area (Å²) in [6.45, 7) is 5.29. The van der Waals surface area contributed by atoms with Crippen LogP contribution >= 0.6 is 0 Å². The summed E-state index contributed by atoms with van der Waals surface area (Å²) >= 11 is 0. The molecule has 0 aliphatic carbocycles. The van der Waals surface area contributed by atoms with Crippen molar-refractivity contribution in [2.45, 2.75) is 19.4 Å². The van der Waals surface area contributed by atoms with Crippen molar-refractivity contribution in [3.05, 3.63) is 29.5 Å². The molecule has 2 aromatic rings. The van der Waals surface area contributed by atoms with E-state index in [-0.39, 0.29) is 0 Å². The van der Waals surface area contributed by atoms with Gasteiger partial charge < -0.3 is 19.3 Å². The summed E-state index contributed by atoms with van der Waals surface area (Å²) in [5.74, 6) is 4.44. The molecule has 7 nitrogen and oxygen atoms in total. The summed E-state index contributed by atoms with van der Waals surface area (Å²) in [4.78, 5) is 13.6. The van der Waals surface area contributed by atoms with Crippen LogP contribution in [0.4, 0.5) is 5.69 Å². The maximum absolute atomic E-state index is 11.3. The number of morpholine rings is 1. The van der Waals surface area contributed by atoms with Crippen LogP contribution in [0, 0.1) is 6.92 Å². The molecule has 1 aliphatic heterocycles. The summed E-state index contributed by atoms with van der Waals surface area (Å²) in [6.07, 6.45) is 0.353. The third kappa shape index (κ3) is 2.98. The third-order valence-corrected chi connectivity index (χ3v) is 4.89. The highest BCUT2D eigenvalue weighted by Gasteiger charge is 2.22. The van der Waals surface area contributed by atoms with Gasteiger partial charge in [0.25, 0.3) is 0 Å². The quantitative estimate of drug-likeness (QED) is 0.554. The van der Waals surface area contributed by atoms with Gasteiger partial charge in [-0.2, -0.15) is 0 Å². The number of carboxylic acid groups (broad SMARTS) is 1. The van der Waals surface area contributed by atoms with Gasteiger partial charge in [0.05, 0.1) is 18.7 Å². The summed E-state index contributed by atoms with van der Waals surface area (Å²) in [5, 5.41) is 10.3. The van der Waals surface area contributed by atoms with E-state index in [2.05, 4.69) is 33.1 Å². The van der Waals surface area contributed by atoms with Gasteiger partial charge in [-0.05, 0) is 24.6 Å². The number of hydrazine groups is 1. The maximum atomic E-state index is 11.3. The van der Waals surface area contributed by atoms with E-state index in [0.29, 0.717) is 6.42 Å². The Hall–Kier alpha value is -2.09.